The average molecular weight is 497 g/mol. The van der Waals surface area contributed by atoms with Crippen LogP contribution in [0, 0.1) is 6.92 Å². The Balaban J connectivity index is 2.00. The lowest BCUT2D eigenvalue weighted by Gasteiger charge is -2.32. The van der Waals surface area contributed by atoms with E-state index in [1.165, 1.54) is 0 Å². The first-order valence-electron chi connectivity index (χ1n) is 11.5. The van der Waals surface area contributed by atoms with Crippen LogP contribution in [-0.2, 0) is 29.0 Å². The van der Waals surface area contributed by atoms with Gasteiger partial charge < -0.3 is 10.2 Å². The summed E-state index contributed by atoms with van der Waals surface area (Å²) >= 11 is 12.7. The van der Waals surface area contributed by atoms with Gasteiger partial charge in [-0.2, -0.15) is 0 Å². The van der Waals surface area contributed by atoms with Gasteiger partial charge in [-0.25, -0.2) is 0 Å². The van der Waals surface area contributed by atoms with Crippen LogP contribution in [0.1, 0.15) is 35.6 Å². The fourth-order valence-electron chi connectivity index (χ4n) is 3.84. The molecule has 0 aliphatic heterocycles. The normalized spacial score (nSPS) is 11.6. The van der Waals surface area contributed by atoms with Crippen LogP contribution in [0.3, 0.4) is 0 Å². The molecule has 0 saturated heterocycles. The maximum Gasteiger partial charge on any atom is 0.243 e. The first-order chi connectivity index (χ1) is 16.4. The van der Waals surface area contributed by atoms with Gasteiger partial charge >= 0.3 is 0 Å². The van der Waals surface area contributed by atoms with Crippen LogP contribution >= 0.6 is 23.2 Å². The topological polar surface area (TPSA) is 49.4 Å². The van der Waals surface area contributed by atoms with Crippen molar-refractivity contribution >= 4 is 35.0 Å². The number of aryl methyl sites for hydroxylation is 1. The van der Waals surface area contributed by atoms with Gasteiger partial charge in [0.2, 0.25) is 11.8 Å². The fraction of sp³-hybridized carbons (Fsp3) is 0.286. The number of hydrogen-bond acceptors (Lipinski definition) is 2. The van der Waals surface area contributed by atoms with Crippen molar-refractivity contribution in [3.8, 4) is 0 Å². The van der Waals surface area contributed by atoms with Crippen molar-refractivity contribution in [3.63, 3.8) is 0 Å². The highest BCUT2D eigenvalue weighted by atomic mass is 35.5. The average Bonchev–Trinajstić information content (AvgIpc) is 2.83. The molecule has 0 aromatic heterocycles. The molecule has 0 fully saturated rings. The lowest BCUT2D eigenvalue weighted by atomic mass is 10.0. The molecular weight excluding hydrogens is 467 g/mol. The highest BCUT2D eigenvalue weighted by Crippen LogP contribution is 2.26. The number of hydrogen-bond donors (Lipinski definition) is 1. The van der Waals surface area contributed by atoms with Gasteiger partial charge in [0.15, 0.2) is 0 Å². The minimum atomic E-state index is -0.678. The molecule has 0 saturated carbocycles. The van der Waals surface area contributed by atoms with E-state index in [4.69, 9.17) is 23.2 Å². The summed E-state index contributed by atoms with van der Waals surface area (Å²) in [5.41, 5.74) is 3.60. The predicted octanol–water partition coefficient (Wildman–Crippen LogP) is 6.01. The van der Waals surface area contributed by atoms with Crippen LogP contribution in [0.5, 0.6) is 0 Å². The molecule has 0 spiro atoms. The number of benzene rings is 3. The van der Waals surface area contributed by atoms with Crippen molar-refractivity contribution in [1.82, 2.24) is 10.2 Å². The zero-order valence-corrected chi connectivity index (χ0v) is 21.1. The number of rotatable bonds is 10. The van der Waals surface area contributed by atoms with Crippen molar-refractivity contribution in [1.29, 1.82) is 0 Å². The molecule has 0 heterocycles. The van der Waals surface area contributed by atoms with Crippen LogP contribution < -0.4 is 5.32 Å². The molecule has 1 atom stereocenters. The smallest absolute Gasteiger partial charge is 0.243 e. The molecule has 3 aromatic rings. The van der Waals surface area contributed by atoms with Crippen molar-refractivity contribution in [2.45, 2.75) is 45.7 Å². The molecule has 178 valence electrons. The van der Waals surface area contributed by atoms with Gasteiger partial charge in [-0.1, -0.05) is 90.8 Å². The molecule has 0 unspecified atom stereocenters. The Kier molecular flexibility index (Phi) is 9.55. The molecule has 0 bridgehead atoms. The van der Waals surface area contributed by atoms with Crippen molar-refractivity contribution in [2.24, 2.45) is 0 Å². The molecule has 0 aliphatic rings. The molecule has 6 heteroatoms. The largest absolute Gasteiger partial charge is 0.354 e. The highest BCUT2D eigenvalue weighted by Gasteiger charge is 2.31. The molecule has 3 rings (SSSR count). The fourth-order valence-corrected chi connectivity index (χ4v) is 4.38. The zero-order valence-electron chi connectivity index (χ0n) is 19.6. The highest BCUT2D eigenvalue weighted by molar-refractivity contribution is 6.36. The van der Waals surface area contributed by atoms with Gasteiger partial charge in [-0.05, 0) is 47.7 Å². The van der Waals surface area contributed by atoms with E-state index in [9.17, 15) is 9.59 Å². The molecule has 34 heavy (non-hydrogen) atoms. The second-order valence-electron chi connectivity index (χ2n) is 8.32. The summed E-state index contributed by atoms with van der Waals surface area (Å²) in [5, 5.41) is 3.86. The first kappa shape index (κ1) is 25.8. The van der Waals surface area contributed by atoms with E-state index in [1.54, 1.807) is 23.1 Å². The molecule has 2 amide bonds. The minimum Gasteiger partial charge on any atom is -0.354 e. The van der Waals surface area contributed by atoms with Crippen molar-refractivity contribution in [2.75, 3.05) is 6.54 Å². The molecule has 3 aromatic carbocycles. The number of nitrogens with one attached hydrogen (secondary N) is 1. The van der Waals surface area contributed by atoms with E-state index in [0.29, 0.717) is 35.1 Å². The van der Waals surface area contributed by atoms with Crippen LogP contribution in [0.15, 0.2) is 72.8 Å². The summed E-state index contributed by atoms with van der Waals surface area (Å²) in [6, 6.07) is 22.2. The van der Waals surface area contributed by atoms with Gasteiger partial charge in [0.05, 0.1) is 6.42 Å². The van der Waals surface area contributed by atoms with E-state index in [-0.39, 0.29) is 18.2 Å². The van der Waals surface area contributed by atoms with Crippen LogP contribution in [-0.4, -0.2) is 29.3 Å². The summed E-state index contributed by atoms with van der Waals surface area (Å²) < 4.78 is 0. The maximum absolute atomic E-state index is 13.8. The monoisotopic (exact) mass is 496 g/mol. The van der Waals surface area contributed by atoms with Gasteiger partial charge in [-0.15, -0.1) is 0 Å². The van der Waals surface area contributed by atoms with Gasteiger partial charge in [0, 0.05) is 29.6 Å². The Morgan fingerprint density at radius 3 is 2.21 bits per heavy atom. The Bertz CT molecular complexity index is 1100. The second kappa shape index (κ2) is 12.6. The number of halogens is 2. The summed E-state index contributed by atoms with van der Waals surface area (Å²) in [5.74, 6) is -0.372. The number of carbonyl (C=O) groups excluding carboxylic acids is 2. The van der Waals surface area contributed by atoms with E-state index in [2.05, 4.69) is 5.32 Å². The zero-order chi connectivity index (χ0) is 24.5. The standard InChI is InChI=1S/C28H30Cl2N2O2/c1-3-16-31-28(34)26(17-21-11-5-4-6-12-21)32(19-22-13-8-7-10-20(22)2)27(33)18-23-24(29)14-9-15-25(23)30/h4-15,26H,3,16-19H2,1-2H3,(H,31,34)/t26-/m1/s1. The van der Waals surface area contributed by atoms with Crippen LogP contribution in [0.4, 0.5) is 0 Å². The lowest BCUT2D eigenvalue weighted by molar-refractivity contribution is -0.140. The third-order valence-corrected chi connectivity index (χ3v) is 6.52. The minimum absolute atomic E-state index is 0.0107. The predicted molar refractivity (Wildman–Crippen MR) is 139 cm³/mol. The van der Waals surface area contributed by atoms with E-state index in [0.717, 1.165) is 23.1 Å². The van der Waals surface area contributed by atoms with Crippen LogP contribution in [0.2, 0.25) is 10.0 Å². The lowest BCUT2D eigenvalue weighted by Crippen LogP contribution is -2.51. The van der Waals surface area contributed by atoms with E-state index < -0.39 is 6.04 Å². The summed E-state index contributed by atoms with van der Waals surface area (Å²) in [7, 11) is 0. The molecule has 0 aliphatic carbocycles. The van der Waals surface area contributed by atoms with E-state index in [1.807, 2.05) is 68.4 Å². The number of amides is 2. The van der Waals surface area contributed by atoms with Gasteiger partial charge in [-0.3, -0.25) is 9.59 Å². The summed E-state index contributed by atoms with van der Waals surface area (Å²) in [6.45, 7) is 4.87. The summed E-state index contributed by atoms with van der Waals surface area (Å²) in [4.78, 5) is 28.8. The Labute approximate surface area is 211 Å². The Morgan fingerprint density at radius 2 is 1.56 bits per heavy atom. The first-order valence-corrected chi connectivity index (χ1v) is 12.2. The maximum atomic E-state index is 13.8. The van der Waals surface area contributed by atoms with Gasteiger partial charge in [0.25, 0.3) is 0 Å². The quantitative estimate of drug-likeness (QED) is 0.373. The summed E-state index contributed by atoms with van der Waals surface area (Å²) in [6.07, 6.45) is 1.23. The van der Waals surface area contributed by atoms with Crippen molar-refractivity contribution < 1.29 is 9.59 Å². The van der Waals surface area contributed by atoms with Gasteiger partial charge in [0.1, 0.15) is 6.04 Å². The Morgan fingerprint density at radius 1 is 0.912 bits per heavy atom. The third-order valence-electron chi connectivity index (χ3n) is 5.81. The Hall–Kier alpha value is -2.82. The molecule has 0 radical (unpaired) electrons. The van der Waals surface area contributed by atoms with Crippen LogP contribution in [0.25, 0.3) is 0 Å². The molecule has 4 nitrogen and oxygen atoms in total. The number of carbonyl (C=O) groups is 2. The SMILES string of the molecule is CCCNC(=O)[C@@H](Cc1ccccc1)N(Cc1ccccc1C)C(=O)Cc1c(Cl)cccc1Cl. The molecular formula is C28H30Cl2N2O2. The number of nitrogens with zero attached hydrogens (tertiary/aromatic N) is 1. The van der Waals surface area contributed by atoms with Crippen molar-refractivity contribution in [3.05, 3.63) is 105 Å². The second-order valence-corrected chi connectivity index (χ2v) is 9.14. The molecule has 1 N–H and O–H groups in total. The van der Waals surface area contributed by atoms with E-state index >= 15 is 0 Å². The third kappa shape index (κ3) is 6.85.